The summed E-state index contributed by atoms with van der Waals surface area (Å²) in [7, 11) is -1.40. The number of carbonyl (C=O) groups excluding carboxylic acids is 2. The average molecular weight is 488 g/mol. The van der Waals surface area contributed by atoms with Crippen molar-refractivity contribution in [3.63, 3.8) is 0 Å². The van der Waals surface area contributed by atoms with Gasteiger partial charge in [-0.1, -0.05) is 65.7 Å². The van der Waals surface area contributed by atoms with E-state index >= 15 is 0 Å². The van der Waals surface area contributed by atoms with Crippen LogP contribution in [0.2, 0.25) is 5.04 Å². The predicted octanol–water partition coefficient (Wildman–Crippen LogP) is 5.92. The molecule has 2 saturated heterocycles. The molecule has 0 saturated carbocycles. The van der Waals surface area contributed by atoms with E-state index in [0.29, 0.717) is 13.3 Å². The van der Waals surface area contributed by atoms with E-state index in [1.807, 2.05) is 3.97 Å². The topological polar surface area (TPSA) is 65.1 Å². The Morgan fingerprint density at radius 1 is 1.03 bits per heavy atom. The van der Waals surface area contributed by atoms with Crippen molar-refractivity contribution in [3.8, 4) is 0 Å². The van der Waals surface area contributed by atoms with Crippen molar-refractivity contribution in [3.05, 3.63) is 0 Å². The molecule has 2 rings (SSSR count). The van der Waals surface area contributed by atoms with Gasteiger partial charge in [-0.3, -0.25) is 9.59 Å². The second-order valence-corrected chi connectivity index (χ2v) is 14.4. The van der Waals surface area contributed by atoms with E-state index in [1.54, 1.807) is 7.11 Å². The van der Waals surface area contributed by atoms with Crippen LogP contribution in [0.5, 0.6) is 0 Å². The fraction of sp³-hybridized carbons (Fsp3) is 0.917. The van der Waals surface area contributed by atoms with Crippen LogP contribution < -0.4 is 0 Å². The van der Waals surface area contributed by atoms with E-state index in [9.17, 15) is 9.59 Å². The second kappa shape index (κ2) is 14.2. The molecule has 0 radical (unpaired) electrons. The molecule has 0 N–H and O–H groups in total. The van der Waals surface area contributed by atoms with Gasteiger partial charge < -0.3 is 13.9 Å². The third-order valence-corrected chi connectivity index (χ3v) is 14.0. The summed E-state index contributed by atoms with van der Waals surface area (Å²) in [5, 5.41) is -0.851. The highest BCUT2D eigenvalue weighted by atomic mass is 32.2. The SMILES string of the molecule is CCCCCCCCCOCOC1CCN2SC(=O)C(=O)[Si]2(OC)C(CC)(CCC)CC1. The van der Waals surface area contributed by atoms with Gasteiger partial charge in [0.05, 0.1) is 6.10 Å². The number of fused-ring (bicyclic) bond motifs is 1. The van der Waals surface area contributed by atoms with Crippen molar-refractivity contribution in [2.45, 2.75) is 115 Å². The summed E-state index contributed by atoms with van der Waals surface area (Å²) >= 11 is 1.09. The molecular weight excluding hydrogens is 442 g/mol. The maximum absolute atomic E-state index is 13.1. The molecule has 0 aromatic heterocycles. The molecule has 2 aliphatic heterocycles. The molecule has 0 amide bonds. The predicted molar refractivity (Wildman–Crippen MR) is 133 cm³/mol. The Morgan fingerprint density at radius 3 is 2.41 bits per heavy atom. The highest BCUT2D eigenvalue weighted by Gasteiger charge is 2.69. The Labute approximate surface area is 200 Å². The number of carbonyl (C=O) groups is 2. The smallest absolute Gasteiger partial charge is 0.371 e. The molecule has 8 heteroatoms. The van der Waals surface area contributed by atoms with Crippen LogP contribution in [0.1, 0.15) is 104 Å². The van der Waals surface area contributed by atoms with E-state index < -0.39 is 8.48 Å². The summed E-state index contributed by atoms with van der Waals surface area (Å²) in [6.45, 7) is 8.26. The molecule has 2 fully saturated rings. The van der Waals surface area contributed by atoms with Gasteiger partial charge in [-0.25, -0.2) is 3.97 Å². The first-order valence-corrected chi connectivity index (χ1v) is 15.4. The molecule has 3 atom stereocenters. The van der Waals surface area contributed by atoms with Gasteiger partial charge in [-0.05, 0) is 38.5 Å². The van der Waals surface area contributed by atoms with Crippen molar-refractivity contribution >= 4 is 30.9 Å². The van der Waals surface area contributed by atoms with Crippen molar-refractivity contribution in [1.29, 1.82) is 0 Å². The average Bonchev–Trinajstić information content (AvgIpc) is 3.04. The highest BCUT2D eigenvalue weighted by molar-refractivity contribution is 8.17. The van der Waals surface area contributed by atoms with Crippen LogP contribution in [-0.2, 0) is 23.5 Å². The Morgan fingerprint density at radius 2 is 1.75 bits per heavy atom. The molecule has 32 heavy (non-hydrogen) atoms. The van der Waals surface area contributed by atoms with Gasteiger partial charge >= 0.3 is 8.48 Å². The molecule has 3 unspecified atom stereocenters. The summed E-state index contributed by atoms with van der Waals surface area (Å²) in [6.07, 6.45) is 14.2. The van der Waals surface area contributed by atoms with Crippen LogP contribution in [0, 0.1) is 0 Å². The van der Waals surface area contributed by atoms with E-state index in [1.165, 1.54) is 38.5 Å². The second-order valence-electron chi connectivity index (χ2n) is 9.31. The molecule has 2 aliphatic rings. The van der Waals surface area contributed by atoms with Gasteiger partial charge in [0.1, 0.15) is 6.79 Å². The summed E-state index contributed by atoms with van der Waals surface area (Å²) < 4.78 is 20.0. The minimum absolute atomic E-state index is 0.0853. The third-order valence-electron chi connectivity index (χ3n) is 7.34. The van der Waals surface area contributed by atoms with Gasteiger partial charge in [-0.15, -0.1) is 0 Å². The normalized spacial score (nSPS) is 29.2. The van der Waals surface area contributed by atoms with Gasteiger partial charge in [0, 0.05) is 37.2 Å². The Kier molecular flexibility index (Phi) is 12.4. The quantitative estimate of drug-likeness (QED) is 0.0934. The van der Waals surface area contributed by atoms with Gasteiger partial charge in [0.25, 0.3) is 5.12 Å². The maximum Gasteiger partial charge on any atom is 0.371 e. The largest absolute Gasteiger partial charge is 0.400 e. The number of rotatable bonds is 15. The Balaban J connectivity index is 1.87. The number of hydrogen-bond acceptors (Lipinski definition) is 7. The van der Waals surface area contributed by atoms with E-state index in [0.717, 1.165) is 63.5 Å². The Hall–Kier alpha value is -0.253. The van der Waals surface area contributed by atoms with Gasteiger partial charge in [0.2, 0.25) is 5.41 Å². The van der Waals surface area contributed by atoms with Gasteiger partial charge in [0.15, 0.2) is 0 Å². The first kappa shape index (κ1) is 28.0. The van der Waals surface area contributed by atoms with Crippen LogP contribution in [0.25, 0.3) is 0 Å². The molecule has 2 heterocycles. The van der Waals surface area contributed by atoms with Crippen molar-refractivity contribution < 1.29 is 23.5 Å². The standard InChI is InChI=1S/C24H45NO5SSi/c1-5-8-9-10-11-12-13-19-29-20-30-21-14-17-24(7-3,16-6-2)32(28-4)23(27)22(26)31-25(32)18-15-21/h21H,5-20H2,1-4H3. The molecule has 0 spiro atoms. The first-order chi connectivity index (χ1) is 15.5. The van der Waals surface area contributed by atoms with Crippen LogP contribution in [-0.4, -0.2) is 56.1 Å². The third kappa shape index (κ3) is 6.45. The lowest BCUT2D eigenvalue weighted by Gasteiger charge is -2.49. The number of nitrogens with zero attached hydrogens (tertiary/aromatic N) is 1. The lowest BCUT2D eigenvalue weighted by molar-refractivity contribution is -0.128. The maximum atomic E-state index is 13.1. The number of ether oxygens (including phenoxy) is 2. The van der Waals surface area contributed by atoms with Crippen LogP contribution >= 0.6 is 11.9 Å². The molecular formula is C24H45NO5SSi. The molecule has 0 aromatic carbocycles. The van der Waals surface area contributed by atoms with Gasteiger partial charge in [-0.2, -0.15) is 0 Å². The van der Waals surface area contributed by atoms with Crippen molar-refractivity contribution in [1.82, 2.24) is 3.97 Å². The summed E-state index contributed by atoms with van der Waals surface area (Å²) in [5.41, 5.74) is 0. The summed E-state index contributed by atoms with van der Waals surface area (Å²) in [4.78, 5) is 25.6. The summed E-state index contributed by atoms with van der Waals surface area (Å²) in [5.74, 6) is 0. The lowest BCUT2D eigenvalue weighted by Crippen LogP contribution is -2.65. The Bertz CT molecular complexity index is 595. The minimum atomic E-state index is -3.05. The lowest BCUT2D eigenvalue weighted by atomic mass is 9.91. The highest BCUT2D eigenvalue weighted by Crippen LogP contribution is 2.57. The fourth-order valence-corrected chi connectivity index (χ4v) is 12.7. The molecule has 0 bridgehead atoms. The van der Waals surface area contributed by atoms with Crippen LogP contribution in [0.3, 0.4) is 0 Å². The minimum Gasteiger partial charge on any atom is -0.400 e. The molecule has 186 valence electrons. The fourth-order valence-electron chi connectivity index (χ4n) is 5.49. The van der Waals surface area contributed by atoms with E-state index in [-0.39, 0.29) is 21.7 Å². The molecule has 0 aliphatic carbocycles. The molecule has 6 nitrogen and oxygen atoms in total. The summed E-state index contributed by atoms with van der Waals surface area (Å²) in [6, 6.07) is 0. The van der Waals surface area contributed by atoms with Crippen molar-refractivity contribution in [2.24, 2.45) is 0 Å². The van der Waals surface area contributed by atoms with Crippen LogP contribution in [0.4, 0.5) is 0 Å². The monoisotopic (exact) mass is 487 g/mol. The van der Waals surface area contributed by atoms with E-state index in [4.69, 9.17) is 13.9 Å². The zero-order valence-corrected chi connectivity index (χ0v) is 22.6. The molecule has 0 aromatic rings. The number of hydrogen-bond donors (Lipinski definition) is 0. The van der Waals surface area contributed by atoms with E-state index in [2.05, 4.69) is 20.8 Å². The number of unbranched alkanes of at least 4 members (excludes halogenated alkanes) is 6. The first-order valence-electron chi connectivity index (χ1n) is 12.8. The zero-order chi connectivity index (χ0) is 23.5. The van der Waals surface area contributed by atoms with Crippen molar-refractivity contribution in [2.75, 3.05) is 27.1 Å². The van der Waals surface area contributed by atoms with Crippen LogP contribution in [0.15, 0.2) is 0 Å². The zero-order valence-electron chi connectivity index (χ0n) is 20.8.